The monoisotopic (exact) mass is 588 g/mol. The molecule has 0 saturated carbocycles. The van der Waals surface area contributed by atoms with Gasteiger partial charge in [-0.3, -0.25) is 9.59 Å². The van der Waals surface area contributed by atoms with Crippen LogP contribution in [0.1, 0.15) is 11.1 Å². The molecule has 0 aliphatic carbocycles. The quantitative estimate of drug-likeness (QED) is 0.205. The van der Waals surface area contributed by atoms with Crippen LogP contribution in [0.2, 0.25) is 0 Å². The predicted molar refractivity (Wildman–Crippen MR) is 169 cm³/mol. The first kappa shape index (κ1) is 28.2. The Morgan fingerprint density at radius 3 is 2.52 bits per heavy atom. The number of carbonyl (C=O) groups excluding carboxylic acids is 1. The highest BCUT2D eigenvalue weighted by Gasteiger charge is 2.18. The van der Waals surface area contributed by atoms with Crippen molar-refractivity contribution in [2.24, 2.45) is 5.10 Å². The maximum atomic E-state index is 13.6. The Hall–Kier alpha value is -5.90. The van der Waals surface area contributed by atoms with Crippen molar-refractivity contribution in [3.05, 3.63) is 112 Å². The smallest absolute Gasteiger partial charge is 0.282 e. The number of nitrogens with zero attached hydrogens (tertiary/aromatic N) is 3. The Kier molecular flexibility index (Phi) is 7.79. The number of anilines is 1. The van der Waals surface area contributed by atoms with E-state index in [0.29, 0.717) is 45.1 Å². The zero-order chi connectivity index (χ0) is 30.6. The van der Waals surface area contributed by atoms with Crippen molar-refractivity contribution in [3.8, 4) is 28.8 Å². The molecule has 10 heteroatoms. The zero-order valence-electron chi connectivity index (χ0n) is 24.2. The van der Waals surface area contributed by atoms with Gasteiger partial charge in [0.05, 0.1) is 36.7 Å². The lowest BCUT2D eigenvalue weighted by molar-refractivity contribution is -0.118. The number of amides is 1. The summed E-state index contributed by atoms with van der Waals surface area (Å²) in [5, 5.41) is 8.51. The fourth-order valence-electron chi connectivity index (χ4n) is 4.76. The average molecular weight is 589 g/mol. The van der Waals surface area contributed by atoms with Crippen LogP contribution in [0.5, 0.6) is 17.2 Å². The van der Waals surface area contributed by atoms with E-state index in [0.717, 1.165) is 16.6 Å². The summed E-state index contributed by atoms with van der Waals surface area (Å²) in [5.41, 5.74) is 3.04. The van der Waals surface area contributed by atoms with E-state index >= 15 is 0 Å². The van der Waals surface area contributed by atoms with E-state index < -0.39 is 0 Å². The van der Waals surface area contributed by atoms with Gasteiger partial charge in [0.1, 0.15) is 11.3 Å². The molecule has 4 aromatic carbocycles. The molecule has 0 spiro atoms. The van der Waals surface area contributed by atoms with Gasteiger partial charge in [0, 0.05) is 5.69 Å². The van der Waals surface area contributed by atoms with E-state index in [1.807, 2.05) is 55.5 Å². The number of ether oxygens (including phenoxy) is 3. The lowest BCUT2D eigenvalue weighted by Gasteiger charge is -2.12. The van der Waals surface area contributed by atoms with Crippen LogP contribution in [0, 0.1) is 6.92 Å². The number of nitrogens with one attached hydrogen (secondary N) is 1. The Morgan fingerprint density at radius 2 is 1.70 bits per heavy atom. The highest BCUT2D eigenvalue weighted by Crippen LogP contribution is 2.33. The summed E-state index contributed by atoms with van der Waals surface area (Å²) in [7, 11) is 3.09. The van der Waals surface area contributed by atoms with Crippen molar-refractivity contribution in [1.29, 1.82) is 0 Å². The van der Waals surface area contributed by atoms with Gasteiger partial charge in [-0.05, 0) is 72.6 Å². The fourth-order valence-corrected chi connectivity index (χ4v) is 4.76. The van der Waals surface area contributed by atoms with Crippen molar-refractivity contribution in [2.75, 3.05) is 26.1 Å². The van der Waals surface area contributed by atoms with Crippen LogP contribution >= 0.6 is 0 Å². The zero-order valence-corrected chi connectivity index (χ0v) is 24.2. The largest absolute Gasteiger partial charge is 0.496 e. The minimum absolute atomic E-state index is 0.206. The SMILES string of the molecule is COc1cc(C=Nn2c(-c3cc4c(OC)cccc4o3)nc3ccccc3c2=O)ccc1OCC(=O)Nc1ccccc1C. The fraction of sp³-hybridized carbons (Fsp3) is 0.118. The normalized spacial score (nSPS) is 11.2. The third-order valence-electron chi connectivity index (χ3n) is 7.00. The maximum Gasteiger partial charge on any atom is 0.282 e. The molecule has 10 nitrogen and oxygen atoms in total. The third kappa shape index (κ3) is 5.60. The van der Waals surface area contributed by atoms with Gasteiger partial charge in [-0.25, -0.2) is 4.98 Å². The van der Waals surface area contributed by atoms with Crippen LogP contribution in [-0.2, 0) is 4.79 Å². The second-order valence-electron chi connectivity index (χ2n) is 9.86. The van der Waals surface area contributed by atoms with Gasteiger partial charge < -0.3 is 23.9 Å². The second-order valence-corrected chi connectivity index (χ2v) is 9.86. The van der Waals surface area contributed by atoms with Crippen LogP contribution < -0.4 is 25.1 Å². The van der Waals surface area contributed by atoms with Crippen LogP contribution in [0.15, 0.2) is 105 Å². The van der Waals surface area contributed by atoms with Gasteiger partial charge in [0.2, 0.25) is 5.82 Å². The van der Waals surface area contributed by atoms with E-state index in [2.05, 4.69) is 10.4 Å². The summed E-state index contributed by atoms with van der Waals surface area (Å²) in [6.07, 6.45) is 1.52. The van der Waals surface area contributed by atoms with Gasteiger partial charge in [-0.2, -0.15) is 9.78 Å². The number of para-hydroxylation sites is 2. The minimum Gasteiger partial charge on any atom is -0.496 e. The molecule has 0 radical (unpaired) electrons. The van der Waals surface area contributed by atoms with Gasteiger partial charge in [0.25, 0.3) is 11.5 Å². The second kappa shape index (κ2) is 12.1. The van der Waals surface area contributed by atoms with Gasteiger partial charge in [-0.1, -0.05) is 36.4 Å². The molecule has 0 aliphatic rings. The van der Waals surface area contributed by atoms with E-state index in [9.17, 15) is 9.59 Å². The number of hydrogen-bond donors (Lipinski definition) is 1. The van der Waals surface area contributed by atoms with Gasteiger partial charge in [-0.15, -0.1) is 0 Å². The van der Waals surface area contributed by atoms with Crippen molar-refractivity contribution < 1.29 is 23.4 Å². The number of fused-ring (bicyclic) bond motifs is 2. The van der Waals surface area contributed by atoms with Crippen LogP contribution in [-0.4, -0.2) is 42.6 Å². The first-order chi connectivity index (χ1) is 21.4. The molecule has 44 heavy (non-hydrogen) atoms. The topological polar surface area (TPSA) is 117 Å². The molecule has 0 unspecified atom stereocenters. The van der Waals surface area contributed by atoms with Crippen LogP contribution in [0.4, 0.5) is 5.69 Å². The molecular formula is C34H28N4O6. The Morgan fingerprint density at radius 1 is 0.909 bits per heavy atom. The number of hydrogen-bond acceptors (Lipinski definition) is 8. The number of aryl methyl sites for hydroxylation is 1. The maximum absolute atomic E-state index is 13.6. The number of rotatable bonds is 9. The predicted octanol–water partition coefficient (Wildman–Crippen LogP) is 6.04. The van der Waals surface area contributed by atoms with Gasteiger partial charge in [0.15, 0.2) is 23.9 Å². The Balaban J connectivity index is 1.30. The molecule has 6 aromatic rings. The molecule has 0 fully saturated rings. The highest BCUT2D eigenvalue weighted by atomic mass is 16.5. The standard InChI is InChI=1S/C34H28N4O6/c1-21-9-4-6-11-25(21)36-32(39)20-43-29-16-15-22(17-30(29)42-3)19-35-38-33(37-26-12-7-5-10-23(26)34(38)40)31-18-24-27(41-2)13-8-14-28(24)44-31/h4-19H,20H2,1-3H3,(H,36,39). The van der Waals surface area contributed by atoms with Crippen molar-refractivity contribution in [1.82, 2.24) is 9.66 Å². The molecule has 0 saturated heterocycles. The van der Waals surface area contributed by atoms with Crippen LogP contribution in [0.25, 0.3) is 33.5 Å². The summed E-state index contributed by atoms with van der Waals surface area (Å²) < 4.78 is 24.0. The molecule has 1 N–H and O–H groups in total. The molecular weight excluding hydrogens is 560 g/mol. The highest BCUT2D eigenvalue weighted by molar-refractivity contribution is 5.92. The summed E-state index contributed by atoms with van der Waals surface area (Å²) in [4.78, 5) is 30.8. The first-order valence-electron chi connectivity index (χ1n) is 13.7. The lowest BCUT2D eigenvalue weighted by Crippen LogP contribution is -2.21. The number of aromatic nitrogens is 2. The van der Waals surface area contributed by atoms with E-state index in [1.54, 1.807) is 49.6 Å². The molecule has 0 aliphatic heterocycles. The lowest BCUT2D eigenvalue weighted by atomic mass is 10.2. The Bertz CT molecular complexity index is 2100. The Labute approximate surface area is 252 Å². The van der Waals surface area contributed by atoms with Gasteiger partial charge >= 0.3 is 0 Å². The van der Waals surface area contributed by atoms with E-state index in [-0.39, 0.29) is 23.9 Å². The average Bonchev–Trinajstić information content (AvgIpc) is 3.49. The number of furan rings is 1. The van der Waals surface area contributed by atoms with Crippen LogP contribution in [0.3, 0.4) is 0 Å². The molecule has 0 bridgehead atoms. The van der Waals surface area contributed by atoms with Crippen molar-refractivity contribution in [3.63, 3.8) is 0 Å². The van der Waals surface area contributed by atoms with E-state index in [4.69, 9.17) is 23.6 Å². The molecule has 220 valence electrons. The minimum atomic E-state index is -0.360. The molecule has 2 aromatic heterocycles. The number of benzene rings is 4. The molecule has 1 amide bonds. The third-order valence-corrected chi connectivity index (χ3v) is 7.00. The van der Waals surface area contributed by atoms with Crippen molar-refractivity contribution in [2.45, 2.75) is 6.92 Å². The summed E-state index contributed by atoms with van der Waals surface area (Å²) in [6.45, 7) is 1.71. The summed E-state index contributed by atoms with van der Waals surface area (Å²) in [5.74, 6) is 1.70. The number of carbonyl (C=O) groups is 1. The first-order valence-corrected chi connectivity index (χ1v) is 13.7. The molecule has 2 heterocycles. The summed E-state index contributed by atoms with van der Waals surface area (Å²) in [6, 6.07) is 26.9. The van der Waals surface area contributed by atoms with Crippen molar-refractivity contribution >= 4 is 39.7 Å². The number of methoxy groups -OCH3 is 2. The van der Waals surface area contributed by atoms with E-state index in [1.165, 1.54) is 18.0 Å². The molecule has 6 rings (SSSR count). The molecule has 0 atom stereocenters. The summed E-state index contributed by atoms with van der Waals surface area (Å²) >= 11 is 0.